The predicted molar refractivity (Wildman–Crippen MR) is 78.5 cm³/mol. The molecule has 2 rings (SSSR count). The number of hydrogen-bond donors (Lipinski definition) is 0. The van der Waals surface area contributed by atoms with Crippen molar-refractivity contribution in [3.63, 3.8) is 0 Å². The van der Waals surface area contributed by atoms with Gasteiger partial charge >= 0.3 is 0 Å². The van der Waals surface area contributed by atoms with Gasteiger partial charge in [-0.05, 0) is 25.5 Å². The topological polar surface area (TPSA) is 51.1 Å². The summed E-state index contributed by atoms with van der Waals surface area (Å²) in [6, 6.07) is 5.37. The fraction of sp³-hybridized carbons (Fsp3) is 0.467. The van der Waals surface area contributed by atoms with Crippen molar-refractivity contribution in [1.82, 2.24) is 0 Å². The van der Waals surface area contributed by atoms with Gasteiger partial charge in [0.2, 0.25) is 5.91 Å². The number of hydrogen-bond acceptors (Lipinski definition) is 4. The first-order chi connectivity index (χ1) is 9.69. The largest absolute Gasteiger partial charge is 0.497 e. The lowest BCUT2D eigenvalue weighted by molar-refractivity contribution is -0.119. The number of anilines is 1. The molecule has 1 aliphatic heterocycles. The minimum atomic E-state index is -0.00882. The molecule has 1 atom stereocenters. The van der Waals surface area contributed by atoms with Crippen LogP contribution in [0.2, 0.25) is 0 Å². The molecular formula is C15H20N2O3. The van der Waals surface area contributed by atoms with Gasteiger partial charge in [0, 0.05) is 24.6 Å². The zero-order valence-corrected chi connectivity index (χ0v) is 12.1. The highest BCUT2D eigenvalue weighted by Crippen LogP contribution is 2.34. The van der Waals surface area contributed by atoms with Crippen LogP contribution in [0.3, 0.4) is 0 Å². The van der Waals surface area contributed by atoms with Crippen molar-refractivity contribution in [3.8, 4) is 11.5 Å². The van der Waals surface area contributed by atoms with Crippen molar-refractivity contribution in [3.05, 3.63) is 18.2 Å². The van der Waals surface area contributed by atoms with Crippen LogP contribution in [0.5, 0.6) is 11.5 Å². The van der Waals surface area contributed by atoms with E-state index in [1.807, 2.05) is 13.1 Å². The average molecular weight is 276 g/mol. The van der Waals surface area contributed by atoms with Crippen LogP contribution in [0, 0.1) is 5.92 Å². The first-order valence-corrected chi connectivity index (χ1v) is 6.87. The number of carbonyl (C=O) groups excluding carboxylic acids is 1. The lowest BCUT2D eigenvalue weighted by atomic mass is 10.0. The van der Waals surface area contributed by atoms with Gasteiger partial charge in [0.05, 0.1) is 13.7 Å². The molecule has 0 saturated heterocycles. The van der Waals surface area contributed by atoms with Gasteiger partial charge in [-0.3, -0.25) is 4.79 Å². The van der Waals surface area contributed by atoms with Crippen molar-refractivity contribution in [2.24, 2.45) is 11.0 Å². The van der Waals surface area contributed by atoms with E-state index >= 15 is 0 Å². The van der Waals surface area contributed by atoms with Gasteiger partial charge in [0.15, 0.2) is 0 Å². The van der Waals surface area contributed by atoms with E-state index in [0.29, 0.717) is 30.2 Å². The van der Waals surface area contributed by atoms with Crippen molar-refractivity contribution in [2.45, 2.75) is 26.7 Å². The Balaban J connectivity index is 2.34. The molecule has 1 unspecified atom stereocenters. The second-order valence-electron chi connectivity index (χ2n) is 4.61. The molecular weight excluding hydrogens is 256 g/mol. The van der Waals surface area contributed by atoms with E-state index in [9.17, 15) is 4.79 Å². The Morgan fingerprint density at radius 3 is 2.80 bits per heavy atom. The molecule has 1 aromatic rings. The minimum Gasteiger partial charge on any atom is -0.497 e. The number of hydrazone groups is 1. The molecule has 0 saturated carbocycles. The fourth-order valence-corrected chi connectivity index (χ4v) is 2.10. The van der Waals surface area contributed by atoms with E-state index in [0.717, 1.165) is 6.42 Å². The van der Waals surface area contributed by atoms with Gasteiger partial charge in [0.25, 0.3) is 0 Å². The Morgan fingerprint density at radius 1 is 1.40 bits per heavy atom. The second kappa shape index (κ2) is 6.41. The van der Waals surface area contributed by atoms with E-state index in [4.69, 9.17) is 9.47 Å². The maximum atomic E-state index is 12.2. The number of ether oxygens (including phenoxy) is 2. The summed E-state index contributed by atoms with van der Waals surface area (Å²) in [7, 11) is 1.60. The SMILES string of the molecule is CCOc1cc(OC)ccc1N1N=CC(CC)CC1=O. The van der Waals surface area contributed by atoms with Gasteiger partial charge < -0.3 is 9.47 Å². The molecule has 1 aromatic carbocycles. The predicted octanol–water partition coefficient (Wildman–Crippen LogP) is 2.84. The van der Waals surface area contributed by atoms with E-state index in [-0.39, 0.29) is 11.8 Å². The Morgan fingerprint density at radius 2 is 2.20 bits per heavy atom. The number of amides is 1. The number of carbonyl (C=O) groups is 1. The third kappa shape index (κ3) is 2.92. The van der Waals surface area contributed by atoms with Crippen LogP contribution in [0.4, 0.5) is 5.69 Å². The van der Waals surface area contributed by atoms with Crippen LogP contribution in [0.15, 0.2) is 23.3 Å². The lowest BCUT2D eigenvalue weighted by Crippen LogP contribution is -2.32. The molecule has 20 heavy (non-hydrogen) atoms. The van der Waals surface area contributed by atoms with Crippen LogP contribution < -0.4 is 14.5 Å². The standard InChI is InChI=1S/C15H20N2O3/c1-4-11-8-15(18)17(16-10-11)13-7-6-12(19-3)9-14(13)20-5-2/h6-7,9-11H,4-5,8H2,1-3H3. The summed E-state index contributed by atoms with van der Waals surface area (Å²) in [5.41, 5.74) is 0.656. The molecule has 0 aromatic heterocycles. The summed E-state index contributed by atoms with van der Waals surface area (Å²) < 4.78 is 10.8. The molecule has 5 heteroatoms. The van der Waals surface area contributed by atoms with E-state index in [1.54, 1.807) is 25.3 Å². The third-order valence-electron chi connectivity index (χ3n) is 3.29. The minimum absolute atomic E-state index is 0.00882. The monoisotopic (exact) mass is 276 g/mol. The van der Waals surface area contributed by atoms with Gasteiger partial charge in [-0.2, -0.15) is 10.1 Å². The van der Waals surface area contributed by atoms with Crippen molar-refractivity contribution < 1.29 is 14.3 Å². The van der Waals surface area contributed by atoms with Gasteiger partial charge in [0.1, 0.15) is 17.2 Å². The fourth-order valence-electron chi connectivity index (χ4n) is 2.10. The molecule has 0 aliphatic carbocycles. The third-order valence-corrected chi connectivity index (χ3v) is 3.29. The summed E-state index contributed by atoms with van der Waals surface area (Å²) >= 11 is 0. The lowest BCUT2D eigenvalue weighted by Gasteiger charge is -2.25. The molecule has 1 aliphatic rings. The van der Waals surface area contributed by atoms with Crippen LogP contribution in [-0.2, 0) is 4.79 Å². The van der Waals surface area contributed by atoms with E-state index < -0.39 is 0 Å². The highest BCUT2D eigenvalue weighted by atomic mass is 16.5. The number of nitrogens with zero attached hydrogens (tertiary/aromatic N) is 2. The van der Waals surface area contributed by atoms with Crippen molar-refractivity contribution >= 4 is 17.8 Å². The highest BCUT2D eigenvalue weighted by Gasteiger charge is 2.25. The molecule has 0 spiro atoms. The molecule has 0 radical (unpaired) electrons. The van der Waals surface area contributed by atoms with Gasteiger partial charge in [-0.1, -0.05) is 6.92 Å². The molecule has 1 amide bonds. The van der Waals surface area contributed by atoms with Gasteiger partial charge in [-0.25, -0.2) is 0 Å². The Hall–Kier alpha value is -2.04. The normalized spacial score (nSPS) is 18.2. The number of rotatable bonds is 5. The van der Waals surface area contributed by atoms with E-state index in [1.165, 1.54) is 5.01 Å². The number of benzene rings is 1. The zero-order valence-electron chi connectivity index (χ0n) is 12.1. The Bertz CT molecular complexity index is 514. The number of methoxy groups -OCH3 is 1. The van der Waals surface area contributed by atoms with E-state index in [2.05, 4.69) is 12.0 Å². The molecule has 0 fully saturated rings. The zero-order chi connectivity index (χ0) is 14.5. The summed E-state index contributed by atoms with van der Waals surface area (Å²) in [5.74, 6) is 1.52. The first kappa shape index (κ1) is 14.4. The summed E-state index contributed by atoms with van der Waals surface area (Å²) in [4.78, 5) is 12.2. The molecule has 0 N–H and O–H groups in total. The molecule has 5 nitrogen and oxygen atoms in total. The van der Waals surface area contributed by atoms with Crippen LogP contribution >= 0.6 is 0 Å². The van der Waals surface area contributed by atoms with Crippen LogP contribution in [0.1, 0.15) is 26.7 Å². The van der Waals surface area contributed by atoms with Gasteiger partial charge in [-0.15, -0.1) is 0 Å². The molecule has 0 bridgehead atoms. The molecule has 108 valence electrons. The Kier molecular flexibility index (Phi) is 4.61. The van der Waals surface area contributed by atoms with Crippen LogP contribution in [0.25, 0.3) is 0 Å². The highest BCUT2D eigenvalue weighted by molar-refractivity contribution is 5.98. The first-order valence-electron chi connectivity index (χ1n) is 6.87. The maximum absolute atomic E-state index is 12.2. The van der Waals surface area contributed by atoms with Crippen LogP contribution in [-0.4, -0.2) is 25.8 Å². The summed E-state index contributed by atoms with van der Waals surface area (Å²) in [6.45, 7) is 4.47. The quantitative estimate of drug-likeness (QED) is 0.831. The summed E-state index contributed by atoms with van der Waals surface area (Å²) in [6.07, 6.45) is 3.24. The van der Waals surface area contributed by atoms with Crippen molar-refractivity contribution in [1.29, 1.82) is 0 Å². The maximum Gasteiger partial charge on any atom is 0.248 e. The van der Waals surface area contributed by atoms with Crippen molar-refractivity contribution in [2.75, 3.05) is 18.7 Å². The summed E-state index contributed by atoms with van der Waals surface area (Å²) in [5, 5.41) is 5.68. The molecule has 1 heterocycles. The average Bonchev–Trinajstić information content (AvgIpc) is 2.47. The second-order valence-corrected chi connectivity index (χ2v) is 4.61. The Labute approximate surface area is 119 Å². The smallest absolute Gasteiger partial charge is 0.248 e.